The van der Waals surface area contributed by atoms with Gasteiger partial charge in [0.25, 0.3) is 0 Å². The second-order valence-corrected chi connectivity index (χ2v) is 5.82. The molecule has 0 bridgehead atoms. The third-order valence-electron chi connectivity index (χ3n) is 4.23. The van der Waals surface area contributed by atoms with Gasteiger partial charge in [-0.1, -0.05) is 60.7 Å². The molecule has 1 heterocycles. The largest absolute Gasteiger partial charge is 0.497 e. The Hall–Kier alpha value is -3.33. The number of ether oxygens (including phenoxy) is 1. The minimum Gasteiger partial charge on any atom is -0.497 e. The van der Waals surface area contributed by atoms with Crippen molar-refractivity contribution in [1.29, 1.82) is 0 Å². The Labute approximate surface area is 147 Å². The summed E-state index contributed by atoms with van der Waals surface area (Å²) in [4.78, 5) is 0. The molecule has 0 saturated heterocycles. The standard InChI is InChI=1S/C22H18N2O/c1-25-22-9-5-8-21(14-22)24-16-20(15-23-24)19-12-10-18(11-13-19)17-6-3-2-4-7-17/h2-16H,1H3. The molecule has 0 amide bonds. The average Bonchev–Trinajstić information content (AvgIpc) is 3.19. The van der Waals surface area contributed by atoms with E-state index in [0.717, 1.165) is 22.6 Å². The van der Waals surface area contributed by atoms with Crippen LogP contribution in [0.1, 0.15) is 0 Å². The van der Waals surface area contributed by atoms with Gasteiger partial charge in [-0.25, -0.2) is 4.68 Å². The van der Waals surface area contributed by atoms with Gasteiger partial charge in [-0.05, 0) is 28.8 Å². The van der Waals surface area contributed by atoms with Crippen molar-refractivity contribution >= 4 is 0 Å². The average molecular weight is 326 g/mol. The number of hydrogen-bond donors (Lipinski definition) is 0. The van der Waals surface area contributed by atoms with E-state index in [1.54, 1.807) is 7.11 Å². The molecule has 1 aromatic heterocycles. The molecule has 0 radical (unpaired) electrons. The van der Waals surface area contributed by atoms with Crippen LogP contribution in [0.3, 0.4) is 0 Å². The van der Waals surface area contributed by atoms with E-state index in [1.165, 1.54) is 11.1 Å². The molecule has 3 nitrogen and oxygen atoms in total. The maximum atomic E-state index is 5.28. The highest BCUT2D eigenvalue weighted by molar-refractivity contribution is 5.69. The van der Waals surface area contributed by atoms with Crippen molar-refractivity contribution in [2.45, 2.75) is 0 Å². The highest BCUT2D eigenvalue weighted by Gasteiger charge is 2.05. The fraction of sp³-hybridized carbons (Fsp3) is 0.0455. The van der Waals surface area contributed by atoms with Crippen molar-refractivity contribution in [3.63, 3.8) is 0 Å². The molecule has 4 rings (SSSR count). The molecule has 0 aliphatic heterocycles. The highest BCUT2D eigenvalue weighted by atomic mass is 16.5. The summed E-state index contributed by atoms with van der Waals surface area (Å²) in [6.07, 6.45) is 3.92. The lowest BCUT2D eigenvalue weighted by Gasteiger charge is -2.04. The van der Waals surface area contributed by atoms with Crippen LogP contribution in [0.15, 0.2) is 91.3 Å². The molecule has 0 fully saturated rings. The fourth-order valence-electron chi connectivity index (χ4n) is 2.85. The summed E-state index contributed by atoms with van der Waals surface area (Å²) in [6.45, 7) is 0. The van der Waals surface area contributed by atoms with Crippen LogP contribution in [0.4, 0.5) is 0 Å². The number of methoxy groups -OCH3 is 1. The topological polar surface area (TPSA) is 27.1 Å². The van der Waals surface area contributed by atoms with E-state index >= 15 is 0 Å². The summed E-state index contributed by atoms with van der Waals surface area (Å²) in [5.74, 6) is 0.821. The lowest BCUT2D eigenvalue weighted by atomic mass is 10.0. The van der Waals surface area contributed by atoms with E-state index in [4.69, 9.17) is 4.74 Å². The molecular weight excluding hydrogens is 308 g/mol. The summed E-state index contributed by atoms with van der Waals surface area (Å²) in [5.41, 5.74) is 5.65. The molecule has 0 atom stereocenters. The maximum absolute atomic E-state index is 5.28. The summed E-state index contributed by atoms with van der Waals surface area (Å²) in [7, 11) is 1.67. The van der Waals surface area contributed by atoms with Gasteiger partial charge in [0, 0.05) is 17.8 Å². The minimum atomic E-state index is 0.821. The van der Waals surface area contributed by atoms with Crippen LogP contribution in [0, 0.1) is 0 Å². The summed E-state index contributed by atoms with van der Waals surface area (Å²) in [5, 5.41) is 4.48. The van der Waals surface area contributed by atoms with Crippen LogP contribution >= 0.6 is 0 Å². The second-order valence-electron chi connectivity index (χ2n) is 5.82. The van der Waals surface area contributed by atoms with Gasteiger partial charge in [0.15, 0.2) is 0 Å². The summed E-state index contributed by atoms with van der Waals surface area (Å²) < 4.78 is 7.15. The van der Waals surface area contributed by atoms with Crippen LogP contribution < -0.4 is 4.74 Å². The van der Waals surface area contributed by atoms with Gasteiger partial charge in [-0.2, -0.15) is 5.10 Å². The molecule has 0 N–H and O–H groups in total. The van der Waals surface area contributed by atoms with E-state index in [0.29, 0.717) is 0 Å². The Morgan fingerprint density at radius 3 is 2.12 bits per heavy atom. The molecule has 0 spiro atoms. The van der Waals surface area contributed by atoms with Crippen LogP contribution in [-0.2, 0) is 0 Å². The van der Waals surface area contributed by atoms with E-state index in [9.17, 15) is 0 Å². The Kier molecular flexibility index (Phi) is 4.05. The molecule has 4 aromatic rings. The van der Waals surface area contributed by atoms with Crippen molar-refractivity contribution in [3.05, 3.63) is 91.3 Å². The molecule has 0 aliphatic carbocycles. The Morgan fingerprint density at radius 2 is 1.40 bits per heavy atom. The Balaban J connectivity index is 1.62. The smallest absolute Gasteiger partial charge is 0.121 e. The summed E-state index contributed by atoms with van der Waals surface area (Å²) in [6, 6.07) is 26.8. The van der Waals surface area contributed by atoms with E-state index in [1.807, 2.05) is 47.4 Å². The molecule has 0 aliphatic rings. The number of rotatable bonds is 4. The number of nitrogens with zero attached hydrogens (tertiary/aromatic N) is 2. The van der Waals surface area contributed by atoms with Crippen LogP contribution in [0.2, 0.25) is 0 Å². The van der Waals surface area contributed by atoms with Crippen LogP contribution in [0.25, 0.3) is 27.9 Å². The SMILES string of the molecule is COc1cccc(-n2cc(-c3ccc(-c4ccccc4)cc3)cn2)c1. The van der Waals surface area contributed by atoms with Crippen LogP contribution in [-0.4, -0.2) is 16.9 Å². The number of benzene rings is 3. The monoisotopic (exact) mass is 326 g/mol. The van der Waals surface area contributed by atoms with Gasteiger partial charge >= 0.3 is 0 Å². The quantitative estimate of drug-likeness (QED) is 0.514. The third kappa shape index (κ3) is 3.17. The van der Waals surface area contributed by atoms with Crippen molar-refractivity contribution < 1.29 is 4.74 Å². The van der Waals surface area contributed by atoms with Gasteiger partial charge in [-0.3, -0.25) is 0 Å². The third-order valence-corrected chi connectivity index (χ3v) is 4.23. The zero-order valence-electron chi connectivity index (χ0n) is 14.0. The molecule has 3 heteroatoms. The van der Waals surface area contributed by atoms with Crippen molar-refractivity contribution in [1.82, 2.24) is 9.78 Å². The first-order valence-corrected chi connectivity index (χ1v) is 8.18. The first-order chi connectivity index (χ1) is 12.3. The molecule has 0 saturated carbocycles. The first-order valence-electron chi connectivity index (χ1n) is 8.18. The zero-order chi connectivity index (χ0) is 17.1. The highest BCUT2D eigenvalue weighted by Crippen LogP contribution is 2.25. The molecular formula is C22H18N2O. The maximum Gasteiger partial charge on any atom is 0.121 e. The molecule has 25 heavy (non-hydrogen) atoms. The van der Waals surface area contributed by atoms with Gasteiger partial charge in [-0.15, -0.1) is 0 Å². The number of hydrogen-bond acceptors (Lipinski definition) is 2. The van der Waals surface area contributed by atoms with Gasteiger partial charge in [0.2, 0.25) is 0 Å². The van der Waals surface area contributed by atoms with E-state index < -0.39 is 0 Å². The van der Waals surface area contributed by atoms with E-state index in [2.05, 4.69) is 53.6 Å². The lowest BCUT2D eigenvalue weighted by molar-refractivity contribution is 0.414. The van der Waals surface area contributed by atoms with Crippen molar-refractivity contribution in [3.8, 4) is 33.7 Å². The van der Waals surface area contributed by atoms with Gasteiger partial charge in [0.05, 0.1) is 19.0 Å². The summed E-state index contributed by atoms with van der Waals surface area (Å²) >= 11 is 0. The minimum absolute atomic E-state index is 0.821. The van der Waals surface area contributed by atoms with E-state index in [-0.39, 0.29) is 0 Å². The van der Waals surface area contributed by atoms with Gasteiger partial charge in [0.1, 0.15) is 5.75 Å². The zero-order valence-corrected chi connectivity index (χ0v) is 14.0. The fourth-order valence-corrected chi connectivity index (χ4v) is 2.85. The lowest BCUT2D eigenvalue weighted by Crippen LogP contribution is -1.94. The van der Waals surface area contributed by atoms with Crippen LogP contribution in [0.5, 0.6) is 5.75 Å². The van der Waals surface area contributed by atoms with Crippen molar-refractivity contribution in [2.75, 3.05) is 7.11 Å². The Morgan fingerprint density at radius 1 is 0.720 bits per heavy atom. The first kappa shape index (κ1) is 15.2. The molecule has 3 aromatic carbocycles. The van der Waals surface area contributed by atoms with Crippen molar-refractivity contribution in [2.24, 2.45) is 0 Å². The normalized spacial score (nSPS) is 10.6. The number of aromatic nitrogens is 2. The molecule has 122 valence electrons. The Bertz CT molecular complexity index is 972. The van der Waals surface area contributed by atoms with Gasteiger partial charge < -0.3 is 4.74 Å². The predicted octanol–water partition coefficient (Wildman–Crippen LogP) is 5.21. The second kappa shape index (κ2) is 6.65. The molecule has 0 unspecified atom stereocenters. The predicted molar refractivity (Wildman–Crippen MR) is 101 cm³/mol.